The van der Waals surface area contributed by atoms with E-state index in [1.165, 1.54) is 53.2 Å². The zero-order valence-electron chi connectivity index (χ0n) is 31.3. The second kappa shape index (κ2) is 15.9. The average Bonchev–Trinajstić information content (AvgIpc) is 3.45. The van der Waals surface area contributed by atoms with Crippen LogP contribution in [0.2, 0.25) is 19.6 Å². The van der Waals surface area contributed by atoms with Crippen LogP contribution < -0.4 is 5.19 Å². The predicted octanol–water partition coefficient (Wildman–Crippen LogP) is 12.7. The maximum Gasteiger partial charge on any atom is 0.0799 e. The predicted molar refractivity (Wildman–Crippen MR) is 220 cm³/mol. The first kappa shape index (κ1) is 38.5. The molecule has 7 aromatic rings. The molecule has 0 aliphatic carbocycles. The molecule has 4 aromatic carbocycles. The van der Waals surface area contributed by atoms with Crippen LogP contribution in [0.1, 0.15) is 57.2 Å². The molecule has 0 N–H and O–H groups in total. The number of rotatable bonds is 6. The quantitative estimate of drug-likeness (QED) is 0.123. The van der Waals surface area contributed by atoms with Gasteiger partial charge in [0, 0.05) is 37.2 Å². The van der Waals surface area contributed by atoms with E-state index >= 15 is 0 Å². The third kappa shape index (κ3) is 9.20. The van der Waals surface area contributed by atoms with Crippen molar-refractivity contribution >= 4 is 44.8 Å². The van der Waals surface area contributed by atoms with Gasteiger partial charge in [0.05, 0.1) is 8.07 Å². The Morgan fingerprint density at radius 3 is 2.18 bits per heavy atom. The van der Waals surface area contributed by atoms with Gasteiger partial charge in [-0.15, -0.1) is 59.7 Å². The van der Waals surface area contributed by atoms with E-state index in [0.29, 0.717) is 5.92 Å². The van der Waals surface area contributed by atoms with Crippen molar-refractivity contribution in [1.82, 2.24) is 9.97 Å². The minimum Gasteiger partial charge on any atom is -0.305 e. The molecule has 7 rings (SSSR count). The summed E-state index contributed by atoms with van der Waals surface area (Å²) in [6, 6.07) is 41.1. The molecule has 263 valence electrons. The molecule has 51 heavy (non-hydrogen) atoms. The second-order valence-corrected chi connectivity index (χ2v) is 22.0. The Morgan fingerprint density at radius 2 is 1.51 bits per heavy atom. The Labute approximate surface area is 323 Å². The summed E-state index contributed by atoms with van der Waals surface area (Å²) in [6.07, 6.45) is 5.06. The van der Waals surface area contributed by atoms with E-state index in [2.05, 4.69) is 168 Å². The van der Waals surface area contributed by atoms with Crippen LogP contribution >= 0.6 is 11.3 Å². The molecule has 5 heteroatoms. The van der Waals surface area contributed by atoms with E-state index in [1.807, 2.05) is 35.7 Å². The van der Waals surface area contributed by atoms with Crippen molar-refractivity contribution in [2.75, 3.05) is 0 Å². The first-order chi connectivity index (χ1) is 23.8. The average molecular weight is 881 g/mol. The van der Waals surface area contributed by atoms with Gasteiger partial charge in [-0.1, -0.05) is 125 Å². The maximum atomic E-state index is 4.67. The van der Waals surface area contributed by atoms with Crippen LogP contribution in [0.3, 0.4) is 0 Å². The summed E-state index contributed by atoms with van der Waals surface area (Å²) < 4.78 is 2.61. The molecule has 3 aromatic heterocycles. The minimum absolute atomic E-state index is 0. The Morgan fingerprint density at radius 1 is 0.784 bits per heavy atom. The van der Waals surface area contributed by atoms with Crippen LogP contribution in [-0.4, -0.2) is 18.0 Å². The minimum atomic E-state index is -1.34. The second-order valence-electron chi connectivity index (χ2n) is 15.9. The molecule has 0 saturated heterocycles. The van der Waals surface area contributed by atoms with Crippen LogP contribution in [0.25, 0.3) is 53.8 Å². The summed E-state index contributed by atoms with van der Waals surface area (Å²) >= 11 is 1.86. The standard InChI is InChI=1S/C29H26NS.C17H22NSi.Ir/c1-19-14-23(21-8-6-5-7-9-21)28-25(15-19)24-17-22(10-11-27(24)31-28)26-16-20(12-13-30-26)18-29(2,3)4;1-13(2)15-11-16(14-9-7-6-8-10-14)18-12-17(15)19(3,4)5;/h5-9,11-17H,18H2,1-4H3;6-9,11-13H,1-5H3;/q2*-1;. The molecule has 0 fully saturated rings. The van der Waals surface area contributed by atoms with E-state index in [9.17, 15) is 0 Å². The first-order valence-corrected chi connectivity index (χ1v) is 22.0. The number of aryl methyl sites for hydroxylation is 1. The molecule has 3 heterocycles. The molecular weight excluding hydrogens is 833 g/mol. The number of fused-ring (bicyclic) bond motifs is 3. The molecule has 0 spiro atoms. The fourth-order valence-corrected chi connectivity index (χ4v) is 9.43. The molecule has 0 atom stereocenters. The Hall–Kier alpha value is -3.73. The van der Waals surface area contributed by atoms with Gasteiger partial charge in [0.15, 0.2) is 0 Å². The molecule has 0 aliphatic rings. The first-order valence-electron chi connectivity index (χ1n) is 17.6. The van der Waals surface area contributed by atoms with Gasteiger partial charge < -0.3 is 9.97 Å². The van der Waals surface area contributed by atoms with Gasteiger partial charge in [0.25, 0.3) is 0 Å². The van der Waals surface area contributed by atoms with E-state index in [0.717, 1.165) is 28.9 Å². The van der Waals surface area contributed by atoms with Gasteiger partial charge >= 0.3 is 0 Å². The number of aromatic nitrogens is 2. The smallest absolute Gasteiger partial charge is 0.0799 e. The SMILES string of the molecule is CC(C)c1cc(-c2[c-]cccc2)ncc1[Si](C)(C)C.Cc1cc(-c2ccccc2)c2sc3c[c-]c(-c4cc(CC(C)(C)C)ccn4)cc3c2c1.[Ir]. The van der Waals surface area contributed by atoms with Crippen molar-refractivity contribution in [3.05, 3.63) is 138 Å². The summed E-state index contributed by atoms with van der Waals surface area (Å²) in [4.78, 5) is 9.33. The van der Waals surface area contributed by atoms with E-state index < -0.39 is 8.07 Å². The van der Waals surface area contributed by atoms with Crippen molar-refractivity contribution in [3.8, 4) is 33.6 Å². The zero-order valence-corrected chi connectivity index (χ0v) is 35.5. The number of hydrogen-bond donors (Lipinski definition) is 0. The molecule has 0 unspecified atom stereocenters. The summed E-state index contributed by atoms with van der Waals surface area (Å²) in [5.74, 6) is 0.534. The molecule has 0 bridgehead atoms. The molecule has 2 nitrogen and oxygen atoms in total. The van der Waals surface area contributed by atoms with Crippen LogP contribution in [0.15, 0.2) is 109 Å². The van der Waals surface area contributed by atoms with Crippen molar-refractivity contribution in [3.63, 3.8) is 0 Å². The summed E-state index contributed by atoms with van der Waals surface area (Å²) in [5, 5.41) is 4.08. The molecule has 0 aliphatic heterocycles. The number of hydrogen-bond acceptors (Lipinski definition) is 3. The molecule has 0 amide bonds. The van der Waals surface area contributed by atoms with Crippen LogP contribution in [0.5, 0.6) is 0 Å². The van der Waals surface area contributed by atoms with Gasteiger partial charge in [-0.25, -0.2) is 0 Å². The maximum absolute atomic E-state index is 4.67. The van der Waals surface area contributed by atoms with E-state index in [-0.39, 0.29) is 25.5 Å². The largest absolute Gasteiger partial charge is 0.305 e. The topological polar surface area (TPSA) is 25.8 Å². The van der Waals surface area contributed by atoms with Crippen LogP contribution in [0.4, 0.5) is 0 Å². The van der Waals surface area contributed by atoms with Crippen LogP contribution in [-0.2, 0) is 26.5 Å². The van der Waals surface area contributed by atoms with E-state index in [4.69, 9.17) is 0 Å². The Balaban J connectivity index is 0.000000218. The van der Waals surface area contributed by atoms with Crippen molar-refractivity contribution in [2.24, 2.45) is 5.41 Å². The van der Waals surface area contributed by atoms with Gasteiger partial charge in [-0.05, 0) is 74.1 Å². The third-order valence-electron chi connectivity index (χ3n) is 8.92. The fraction of sp³-hybridized carbons (Fsp3) is 0.261. The van der Waals surface area contributed by atoms with Crippen molar-refractivity contribution in [2.45, 2.75) is 73.5 Å². The van der Waals surface area contributed by atoms with Gasteiger partial charge in [0.1, 0.15) is 0 Å². The number of benzene rings is 4. The van der Waals surface area contributed by atoms with E-state index in [1.54, 1.807) is 0 Å². The number of pyridine rings is 2. The number of thiophene rings is 1. The summed E-state index contributed by atoms with van der Waals surface area (Å²) in [5.41, 5.74) is 11.0. The van der Waals surface area contributed by atoms with Crippen LogP contribution in [0, 0.1) is 24.5 Å². The molecule has 1 radical (unpaired) electrons. The molecule has 0 saturated carbocycles. The van der Waals surface area contributed by atoms with Gasteiger partial charge in [-0.3, -0.25) is 0 Å². The van der Waals surface area contributed by atoms with Gasteiger partial charge in [0.2, 0.25) is 0 Å². The summed E-state index contributed by atoms with van der Waals surface area (Å²) in [6.45, 7) is 20.7. The monoisotopic (exact) mass is 881 g/mol. The zero-order chi connectivity index (χ0) is 35.6. The third-order valence-corrected chi connectivity index (χ3v) is 12.2. The normalized spacial score (nSPS) is 11.7. The molecular formula is C46H48IrN2SSi-2. The number of nitrogens with zero attached hydrogens (tertiary/aromatic N) is 2. The Kier molecular flexibility index (Phi) is 12.0. The van der Waals surface area contributed by atoms with Crippen molar-refractivity contribution < 1.29 is 20.1 Å². The Bertz CT molecular complexity index is 2240. The van der Waals surface area contributed by atoms with Gasteiger partial charge in [-0.2, -0.15) is 11.3 Å². The fourth-order valence-electron chi connectivity index (χ4n) is 6.57. The summed E-state index contributed by atoms with van der Waals surface area (Å²) in [7, 11) is -1.34. The van der Waals surface area contributed by atoms with Crippen molar-refractivity contribution in [1.29, 1.82) is 0 Å².